The van der Waals surface area contributed by atoms with Gasteiger partial charge in [0.05, 0.1) is 6.04 Å². The lowest BCUT2D eigenvalue weighted by Gasteiger charge is -2.33. The Labute approximate surface area is 323 Å². The molecule has 2 nitrogen and oxygen atoms in total. The molecule has 2 heteroatoms. The summed E-state index contributed by atoms with van der Waals surface area (Å²) in [5.41, 5.74) is 17.6. The van der Waals surface area contributed by atoms with E-state index in [-0.39, 0.29) is 17.6 Å². The molecule has 264 valence electrons. The third-order valence-electron chi connectivity index (χ3n) is 11.8. The molecule has 2 atom stereocenters. The number of nitrogens with one attached hydrogen (secondary N) is 2. The van der Waals surface area contributed by atoms with Crippen LogP contribution in [-0.2, 0) is 5.41 Å². The van der Waals surface area contributed by atoms with Crippen molar-refractivity contribution in [2.24, 2.45) is 0 Å². The zero-order valence-corrected chi connectivity index (χ0v) is 31.1. The lowest BCUT2D eigenvalue weighted by molar-refractivity contribution is 0.443. The van der Waals surface area contributed by atoms with Gasteiger partial charge in [0.25, 0.3) is 0 Å². The van der Waals surface area contributed by atoms with Crippen LogP contribution in [0.4, 0.5) is 0 Å². The molecule has 0 saturated heterocycles. The van der Waals surface area contributed by atoms with Crippen molar-refractivity contribution in [1.82, 2.24) is 10.6 Å². The van der Waals surface area contributed by atoms with Gasteiger partial charge in [-0.2, -0.15) is 0 Å². The van der Waals surface area contributed by atoms with Gasteiger partial charge in [0.1, 0.15) is 6.17 Å². The minimum Gasteiger partial charge on any atom is -0.366 e. The molecule has 8 aromatic carbocycles. The van der Waals surface area contributed by atoms with Gasteiger partial charge in [-0.25, -0.2) is 0 Å². The molecule has 1 heterocycles. The first kappa shape index (κ1) is 33.1. The summed E-state index contributed by atoms with van der Waals surface area (Å²) in [6.45, 7) is 4.77. The van der Waals surface area contributed by atoms with Crippen molar-refractivity contribution in [2.45, 2.75) is 31.5 Å². The highest BCUT2D eigenvalue weighted by Gasteiger charge is 2.38. The fraction of sp³-hybridized carbons (Fsp3) is 0.0943. The van der Waals surface area contributed by atoms with Crippen LogP contribution in [-0.4, -0.2) is 0 Å². The average Bonchev–Trinajstić information content (AvgIpc) is 3.48. The molecule has 1 aliphatic carbocycles. The van der Waals surface area contributed by atoms with Crippen molar-refractivity contribution < 1.29 is 0 Å². The van der Waals surface area contributed by atoms with Crippen LogP contribution in [0.15, 0.2) is 194 Å². The predicted octanol–water partition coefficient (Wildman–Crippen LogP) is 13.1. The molecule has 0 radical (unpaired) electrons. The molecule has 1 aliphatic heterocycles. The molecule has 0 saturated carbocycles. The monoisotopic (exact) mass is 706 g/mol. The van der Waals surface area contributed by atoms with Crippen LogP contribution in [0.1, 0.15) is 53.9 Å². The summed E-state index contributed by atoms with van der Waals surface area (Å²) in [5.74, 6) is 0. The third kappa shape index (κ3) is 5.87. The highest BCUT2D eigenvalue weighted by molar-refractivity contribution is 6.08. The van der Waals surface area contributed by atoms with Crippen molar-refractivity contribution in [2.75, 3.05) is 0 Å². The molecule has 2 N–H and O–H groups in total. The van der Waals surface area contributed by atoms with Gasteiger partial charge >= 0.3 is 0 Å². The number of benzene rings is 8. The molecule has 8 aromatic rings. The molecule has 10 rings (SSSR count). The van der Waals surface area contributed by atoms with Crippen LogP contribution in [0.5, 0.6) is 0 Å². The van der Waals surface area contributed by atoms with E-state index >= 15 is 0 Å². The zero-order valence-electron chi connectivity index (χ0n) is 31.1. The van der Waals surface area contributed by atoms with E-state index in [1.54, 1.807) is 0 Å². The van der Waals surface area contributed by atoms with Gasteiger partial charge in [0, 0.05) is 11.1 Å². The van der Waals surface area contributed by atoms with E-state index in [4.69, 9.17) is 0 Å². The summed E-state index contributed by atoms with van der Waals surface area (Å²) in [5, 5.41) is 10.3. The van der Waals surface area contributed by atoms with Gasteiger partial charge in [-0.3, -0.25) is 5.32 Å². The highest BCUT2D eigenvalue weighted by Crippen LogP contribution is 2.55. The minimum atomic E-state index is -0.140. The quantitative estimate of drug-likeness (QED) is 0.180. The molecule has 55 heavy (non-hydrogen) atoms. The van der Waals surface area contributed by atoms with E-state index in [9.17, 15) is 0 Å². The van der Waals surface area contributed by atoms with E-state index in [0.717, 1.165) is 5.70 Å². The standard InChI is InChI=1S/C53H42N2/c1-53(2)46-32-42(30-31-45(46)51-47(53)33-43-20-12-13-21-44(43)50(51)40-18-10-5-11-19-40)37-24-28-41(29-25-37)52-54-48(38-16-8-4-9-17-38)34-49(55-52)39-26-22-36(23-27-39)35-14-6-3-7-15-35/h3-34,48,52,54-55H,1-2H3. The summed E-state index contributed by atoms with van der Waals surface area (Å²) in [7, 11) is 0. The van der Waals surface area contributed by atoms with Crippen molar-refractivity contribution in [3.63, 3.8) is 0 Å². The Balaban J connectivity index is 0.981. The van der Waals surface area contributed by atoms with Crippen LogP contribution in [0.3, 0.4) is 0 Å². The first-order chi connectivity index (χ1) is 27.0. The third-order valence-corrected chi connectivity index (χ3v) is 11.8. The molecular formula is C53H42N2. The van der Waals surface area contributed by atoms with Gasteiger partial charge in [0.2, 0.25) is 0 Å². The van der Waals surface area contributed by atoms with E-state index in [1.807, 2.05) is 0 Å². The van der Waals surface area contributed by atoms with Crippen LogP contribution in [0, 0.1) is 0 Å². The molecule has 0 fully saturated rings. The predicted molar refractivity (Wildman–Crippen MR) is 230 cm³/mol. The fourth-order valence-electron chi connectivity index (χ4n) is 8.82. The van der Waals surface area contributed by atoms with E-state index in [0.29, 0.717) is 0 Å². The van der Waals surface area contributed by atoms with Gasteiger partial charge in [-0.1, -0.05) is 190 Å². The zero-order chi connectivity index (χ0) is 36.9. The van der Waals surface area contributed by atoms with Gasteiger partial charge < -0.3 is 5.32 Å². The van der Waals surface area contributed by atoms with Crippen molar-refractivity contribution >= 4 is 16.5 Å². The second kappa shape index (κ2) is 13.4. The van der Waals surface area contributed by atoms with Gasteiger partial charge in [0.15, 0.2) is 0 Å². The lowest BCUT2D eigenvalue weighted by Crippen LogP contribution is -2.39. The maximum Gasteiger partial charge on any atom is 0.104 e. The normalized spacial score (nSPS) is 16.9. The molecule has 0 amide bonds. The Bertz CT molecular complexity index is 2690. The Morgan fingerprint density at radius 3 is 1.73 bits per heavy atom. The van der Waals surface area contributed by atoms with Gasteiger partial charge in [-0.15, -0.1) is 0 Å². The first-order valence-corrected chi connectivity index (χ1v) is 19.3. The van der Waals surface area contributed by atoms with E-state index < -0.39 is 0 Å². The number of hydrogen-bond donors (Lipinski definition) is 2. The molecule has 2 aliphatic rings. The summed E-state index contributed by atoms with van der Waals surface area (Å²) in [6, 6.07) is 68.7. The molecule has 0 spiro atoms. The fourth-order valence-corrected chi connectivity index (χ4v) is 8.82. The molecular weight excluding hydrogens is 665 g/mol. The van der Waals surface area contributed by atoms with Crippen molar-refractivity contribution in [3.05, 3.63) is 222 Å². The Morgan fingerprint density at radius 2 is 1.00 bits per heavy atom. The second-order valence-corrected chi connectivity index (χ2v) is 15.4. The number of hydrogen-bond acceptors (Lipinski definition) is 2. The van der Waals surface area contributed by atoms with Crippen LogP contribution in [0.2, 0.25) is 0 Å². The Kier molecular flexibility index (Phi) is 8.08. The summed E-state index contributed by atoms with van der Waals surface area (Å²) >= 11 is 0. The summed E-state index contributed by atoms with van der Waals surface area (Å²) in [6.07, 6.45) is 2.25. The van der Waals surface area contributed by atoms with Crippen LogP contribution < -0.4 is 10.6 Å². The van der Waals surface area contributed by atoms with Crippen LogP contribution >= 0.6 is 0 Å². The van der Waals surface area contributed by atoms with E-state index in [2.05, 4.69) is 219 Å². The van der Waals surface area contributed by atoms with Gasteiger partial charge in [-0.05, 0) is 101 Å². The second-order valence-electron chi connectivity index (χ2n) is 15.4. The lowest BCUT2D eigenvalue weighted by atomic mass is 9.80. The van der Waals surface area contributed by atoms with Crippen molar-refractivity contribution in [1.29, 1.82) is 0 Å². The smallest absolute Gasteiger partial charge is 0.104 e. The molecule has 0 bridgehead atoms. The van der Waals surface area contributed by atoms with Crippen LogP contribution in [0.25, 0.3) is 61.0 Å². The maximum absolute atomic E-state index is 3.88. The topological polar surface area (TPSA) is 24.1 Å². The van der Waals surface area contributed by atoms with Crippen molar-refractivity contribution in [3.8, 4) is 44.5 Å². The molecule has 2 unspecified atom stereocenters. The Morgan fingerprint density at radius 1 is 0.436 bits per heavy atom. The highest BCUT2D eigenvalue weighted by atomic mass is 15.2. The average molecular weight is 707 g/mol. The first-order valence-electron chi connectivity index (χ1n) is 19.3. The maximum atomic E-state index is 3.88. The molecule has 0 aromatic heterocycles. The minimum absolute atomic E-state index is 0.0629. The number of fused-ring (bicyclic) bond motifs is 4. The Hall–Kier alpha value is -6.48. The SMILES string of the molecule is CC1(C)c2cc(-c3ccc(C4NC(c5ccc(-c6ccccc6)cc5)=CC(c5ccccc5)N4)cc3)ccc2-c2c1cc1ccccc1c2-c1ccccc1. The van der Waals surface area contributed by atoms with E-state index in [1.165, 1.54) is 83.1 Å². The summed E-state index contributed by atoms with van der Waals surface area (Å²) < 4.78 is 0. The largest absolute Gasteiger partial charge is 0.366 e. The number of rotatable bonds is 6. The summed E-state index contributed by atoms with van der Waals surface area (Å²) in [4.78, 5) is 0.